The highest BCUT2D eigenvalue weighted by Gasteiger charge is 2.00. The standard InChI is InChI=1S/C14H20/c1-3-13(4-2)11-8-12-14-9-6-5-7-10-14/h3,5-7,9-10,13H,1,4,8,11-12H2,2H3/t13-/m0/s1. The van der Waals surface area contributed by atoms with Gasteiger partial charge in [-0.3, -0.25) is 0 Å². The summed E-state index contributed by atoms with van der Waals surface area (Å²) in [5.74, 6) is 0.707. The minimum atomic E-state index is 0.707. The van der Waals surface area contributed by atoms with Crippen molar-refractivity contribution in [2.45, 2.75) is 32.6 Å². The Morgan fingerprint density at radius 1 is 1.29 bits per heavy atom. The lowest BCUT2D eigenvalue weighted by Crippen LogP contribution is -1.95. The predicted molar refractivity (Wildman–Crippen MR) is 63.4 cm³/mol. The van der Waals surface area contributed by atoms with Gasteiger partial charge < -0.3 is 0 Å². The Morgan fingerprint density at radius 3 is 2.57 bits per heavy atom. The van der Waals surface area contributed by atoms with Crippen molar-refractivity contribution in [1.82, 2.24) is 0 Å². The van der Waals surface area contributed by atoms with Gasteiger partial charge in [0.1, 0.15) is 0 Å². The zero-order valence-corrected chi connectivity index (χ0v) is 9.08. The summed E-state index contributed by atoms with van der Waals surface area (Å²) < 4.78 is 0. The van der Waals surface area contributed by atoms with Crippen LogP contribution in [0.2, 0.25) is 0 Å². The molecule has 0 aliphatic rings. The number of hydrogen-bond donors (Lipinski definition) is 0. The van der Waals surface area contributed by atoms with E-state index >= 15 is 0 Å². The smallest absolute Gasteiger partial charge is 0.0239 e. The van der Waals surface area contributed by atoms with E-state index in [-0.39, 0.29) is 0 Å². The van der Waals surface area contributed by atoms with E-state index in [2.05, 4.69) is 49.9 Å². The molecule has 0 aliphatic carbocycles. The molecule has 0 amide bonds. The Kier molecular flexibility index (Phi) is 5.06. The minimum absolute atomic E-state index is 0.707. The van der Waals surface area contributed by atoms with Crippen molar-refractivity contribution in [2.75, 3.05) is 0 Å². The highest BCUT2D eigenvalue weighted by Crippen LogP contribution is 2.14. The van der Waals surface area contributed by atoms with Crippen molar-refractivity contribution in [1.29, 1.82) is 0 Å². The van der Waals surface area contributed by atoms with Crippen LogP contribution in [-0.2, 0) is 6.42 Å². The average molecular weight is 188 g/mol. The lowest BCUT2D eigenvalue weighted by Gasteiger charge is -2.08. The number of benzene rings is 1. The van der Waals surface area contributed by atoms with Crippen molar-refractivity contribution in [2.24, 2.45) is 5.92 Å². The summed E-state index contributed by atoms with van der Waals surface area (Å²) in [6, 6.07) is 10.7. The molecule has 1 aromatic rings. The van der Waals surface area contributed by atoms with Crippen molar-refractivity contribution in [3.8, 4) is 0 Å². The Hall–Kier alpha value is -1.04. The number of aryl methyl sites for hydroxylation is 1. The number of allylic oxidation sites excluding steroid dienone is 1. The first kappa shape index (κ1) is 11.0. The quantitative estimate of drug-likeness (QED) is 0.586. The van der Waals surface area contributed by atoms with Gasteiger partial charge in [0.2, 0.25) is 0 Å². The number of rotatable bonds is 6. The highest BCUT2D eigenvalue weighted by molar-refractivity contribution is 5.14. The molecular weight excluding hydrogens is 168 g/mol. The first-order valence-corrected chi connectivity index (χ1v) is 5.53. The molecule has 0 saturated heterocycles. The van der Waals surface area contributed by atoms with Gasteiger partial charge in [-0.15, -0.1) is 6.58 Å². The Labute approximate surface area is 87.7 Å². The SMILES string of the molecule is C=C[C@@H](CC)CCCc1ccccc1. The number of hydrogen-bond acceptors (Lipinski definition) is 0. The summed E-state index contributed by atoms with van der Waals surface area (Å²) in [5, 5.41) is 0. The largest absolute Gasteiger partial charge is 0.103 e. The summed E-state index contributed by atoms with van der Waals surface area (Å²) >= 11 is 0. The van der Waals surface area contributed by atoms with Gasteiger partial charge in [0.15, 0.2) is 0 Å². The summed E-state index contributed by atoms with van der Waals surface area (Å²) in [6.07, 6.45) is 7.05. The monoisotopic (exact) mass is 188 g/mol. The molecule has 0 aromatic heterocycles. The molecule has 1 atom stereocenters. The molecule has 0 nitrogen and oxygen atoms in total. The van der Waals surface area contributed by atoms with Crippen LogP contribution in [0.5, 0.6) is 0 Å². The van der Waals surface area contributed by atoms with E-state index in [4.69, 9.17) is 0 Å². The second-order valence-electron chi connectivity index (χ2n) is 3.78. The summed E-state index contributed by atoms with van der Waals surface area (Å²) in [5.41, 5.74) is 1.45. The van der Waals surface area contributed by atoms with Crippen LogP contribution in [0.3, 0.4) is 0 Å². The second kappa shape index (κ2) is 6.42. The molecule has 0 fully saturated rings. The van der Waals surface area contributed by atoms with E-state index < -0.39 is 0 Å². The van der Waals surface area contributed by atoms with Crippen molar-refractivity contribution in [3.05, 3.63) is 48.6 Å². The molecular formula is C14H20. The summed E-state index contributed by atoms with van der Waals surface area (Å²) in [7, 11) is 0. The topological polar surface area (TPSA) is 0 Å². The normalized spacial score (nSPS) is 12.4. The predicted octanol–water partition coefficient (Wildman–Crippen LogP) is 4.22. The molecule has 1 aromatic carbocycles. The van der Waals surface area contributed by atoms with E-state index in [1.165, 1.54) is 31.2 Å². The molecule has 0 bridgehead atoms. The third kappa shape index (κ3) is 3.78. The van der Waals surface area contributed by atoms with Crippen molar-refractivity contribution in [3.63, 3.8) is 0 Å². The Bertz CT molecular complexity index is 248. The van der Waals surface area contributed by atoms with Crippen LogP contribution in [-0.4, -0.2) is 0 Å². The summed E-state index contributed by atoms with van der Waals surface area (Å²) in [4.78, 5) is 0. The van der Waals surface area contributed by atoms with E-state index in [1.807, 2.05) is 0 Å². The molecule has 0 saturated carbocycles. The fourth-order valence-electron chi connectivity index (χ4n) is 1.70. The van der Waals surface area contributed by atoms with Crippen molar-refractivity contribution < 1.29 is 0 Å². The van der Waals surface area contributed by atoms with Gasteiger partial charge >= 0.3 is 0 Å². The molecule has 0 aliphatic heterocycles. The zero-order chi connectivity index (χ0) is 10.2. The van der Waals surface area contributed by atoms with Gasteiger partial charge in [0.25, 0.3) is 0 Å². The fraction of sp³-hybridized carbons (Fsp3) is 0.429. The van der Waals surface area contributed by atoms with Gasteiger partial charge in [-0.05, 0) is 37.2 Å². The Morgan fingerprint density at radius 2 is 2.00 bits per heavy atom. The lowest BCUT2D eigenvalue weighted by molar-refractivity contribution is 0.546. The van der Waals surface area contributed by atoms with Gasteiger partial charge in [-0.2, -0.15) is 0 Å². The molecule has 0 heterocycles. The van der Waals surface area contributed by atoms with E-state index in [9.17, 15) is 0 Å². The fourth-order valence-corrected chi connectivity index (χ4v) is 1.70. The van der Waals surface area contributed by atoms with E-state index in [0.717, 1.165) is 0 Å². The molecule has 0 N–H and O–H groups in total. The molecule has 0 spiro atoms. The van der Waals surface area contributed by atoms with Gasteiger partial charge in [-0.25, -0.2) is 0 Å². The van der Waals surface area contributed by atoms with Crippen LogP contribution >= 0.6 is 0 Å². The van der Waals surface area contributed by atoms with Crippen LogP contribution in [0.4, 0.5) is 0 Å². The maximum absolute atomic E-state index is 3.86. The van der Waals surface area contributed by atoms with E-state index in [0.29, 0.717) is 5.92 Å². The Balaban J connectivity index is 2.25. The molecule has 1 rings (SSSR count). The molecule has 0 radical (unpaired) electrons. The minimum Gasteiger partial charge on any atom is -0.103 e. The maximum Gasteiger partial charge on any atom is -0.0239 e. The third-order valence-corrected chi connectivity index (χ3v) is 2.74. The lowest BCUT2D eigenvalue weighted by atomic mass is 9.97. The molecule has 0 unspecified atom stereocenters. The zero-order valence-electron chi connectivity index (χ0n) is 9.08. The van der Waals surface area contributed by atoms with Gasteiger partial charge in [0.05, 0.1) is 0 Å². The van der Waals surface area contributed by atoms with Gasteiger partial charge in [-0.1, -0.05) is 43.3 Å². The molecule has 14 heavy (non-hydrogen) atoms. The second-order valence-corrected chi connectivity index (χ2v) is 3.78. The third-order valence-electron chi connectivity index (χ3n) is 2.74. The first-order valence-electron chi connectivity index (χ1n) is 5.53. The highest BCUT2D eigenvalue weighted by atomic mass is 14.1. The van der Waals surface area contributed by atoms with Crippen LogP contribution in [0, 0.1) is 5.92 Å². The van der Waals surface area contributed by atoms with E-state index in [1.54, 1.807) is 0 Å². The molecule has 76 valence electrons. The van der Waals surface area contributed by atoms with Crippen LogP contribution in [0.15, 0.2) is 43.0 Å². The maximum atomic E-state index is 3.86. The van der Waals surface area contributed by atoms with Crippen LogP contribution < -0.4 is 0 Å². The van der Waals surface area contributed by atoms with Gasteiger partial charge in [0, 0.05) is 0 Å². The summed E-state index contributed by atoms with van der Waals surface area (Å²) in [6.45, 7) is 6.09. The van der Waals surface area contributed by atoms with Crippen molar-refractivity contribution >= 4 is 0 Å². The first-order chi connectivity index (χ1) is 6.86. The average Bonchev–Trinajstić information content (AvgIpc) is 2.26. The molecule has 0 heteroatoms. The van der Waals surface area contributed by atoms with Crippen LogP contribution in [0.1, 0.15) is 31.7 Å². The van der Waals surface area contributed by atoms with Crippen LogP contribution in [0.25, 0.3) is 0 Å².